The number of hydrogen-bond donors (Lipinski definition) is 0. The summed E-state index contributed by atoms with van der Waals surface area (Å²) in [7, 11) is 0. The average molecular weight is 513 g/mol. The van der Waals surface area contributed by atoms with E-state index in [1.807, 2.05) is 0 Å². The summed E-state index contributed by atoms with van der Waals surface area (Å²) in [5.41, 5.74) is -0.998. The van der Waals surface area contributed by atoms with E-state index in [4.69, 9.17) is 17.8 Å². The zero-order valence-electron chi connectivity index (χ0n) is 38.0. The van der Waals surface area contributed by atoms with E-state index in [-0.39, 0.29) is 106 Å². The maximum Gasteiger partial charge on any atom is 0.0645 e. The van der Waals surface area contributed by atoms with Crippen molar-refractivity contribution in [2.24, 2.45) is 0 Å². The third-order valence-corrected chi connectivity index (χ3v) is 7.63. The van der Waals surface area contributed by atoms with Crippen LogP contribution in [0, 0.1) is 6.92 Å². The van der Waals surface area contributed by atoms with E-state index in [0.29, 0.717) is 0 Å². The summed E-state index contributed by atoms with van der Waals surface area (Å²) in [6, 6.07) is -7.90. The van der Waals surface area contributed by atoms with Crippen LogP contribution < -0.4 is 0 Å². The van der Waals surface area contributed by atoms with E-state index in [0.717, 1.165) is 6.07 Å². The summed E-state index contributed by atoms with van der Waals surface area (Å²) in [6.45, 7) is 1.53. The lowest BCUT2D eigenvalue weighted by Gasteiger charge is -2.06. The van der Waals surface area contributed by atoms with Crippen molar-refractivity contribution >= 4 is 76.2 Å². The van der Waals surface area contributed by atoms with Gasteiger partial charge in [0.2, 0.25) is 0 Å². The highest BCUT2D eigenvalue weighted by Crippen LogP contribution is 2.44. The lowest BCUT2D eigenvalue weighted by molar-refractivity contribution is 1.37. The van der Waals surface area contributed by atoms with Crippen molar-refractivity contribution in [3.05, 3.63) is 120 Å². The molecule has 0 saturated heterocycles. The Balaban J connectivity index is 1.51. The van der Waals surface area contributed by atoms with Crippen LogP contribution in [0.15, 0.2) is 115 Å². The number of nitrogens with zero attached hydrogens (tertiary/aromatic N) is 2. The van der Waals surface area contributed by atoms with Crippen LogP contribution in [0.4, 0.5) is 0 Å². The molecular formula is C37H22N2. The van der Waals surface area contributed by atoms with E-state index >= 15 is 0 Å². The van der Waals surface area contributed by atoms with Gasteiger partial charge < -0.3 is 8.80 Å². The smallest absolute Gasteiger partial charge is 0.0645 e. The molecule has 0 saturated carbocycles. The summed E-state index contributed by atoms with van der Waals surface area (Å²) in [4.78, 5) is 0. The minimum Gasteiger partial charge on any atom is -0.308 e. The van der Waals surface area contributed by atoms with Crippen LogP contribution in [0.25, 0.3) is 87.3 Å². The molecule has 2 nitrogen and oxygen atoms in total. The Labute approximate surface area is 248 Å². The van der Waals surface area contributed by atoms with Crippen molar-refractivity contribution in [1.29, 1.82) is 0 Å². The molecule has 0 aliphatic rings. The van der Waals surface area contributed by atoms with Crippen LogP contribution in [-0.2, 0) is 0 Å². The number of hydrogen-bond acceptors (Lipinski definition) is 0. The van der Waals surface area contributed by atoms with E-state index in [2.05, 4.69) is 0 Å². The predicted molar refractivity (Wildman–Crippen MR) is 166 cm³/mol. The lowest BCUT2D eigenvalue weighted by atomic mass is 9.97. The van der Waals surface area contributed by atoms with Gasteiger partial charge in [0.15, 0.2) is 0 Å². The van der Waals surface area contributed by atoms with Gasteiger partial charge in [-0.2, -0.15) is 0 Å². The summed E-state index contributed by atoms with van der Waals surface area (Å²) in [5, 5.41) is -0.368. The number of benzene rings is 6. The maximum atomic E-state index is 9.74. The monoisotopic (exact) mass is 512 g/mol. The molecule has 0 bridgehead atoms. The Bertz CT molecular complexity index is 3620. The molecular weight excluding hydrogens is 472 g/mol. The van der Waals surface area contributed by atoms with Crippen LogP contribution in [0.1, 0.15) is 30.2 Å². The van der Waals surface area contributed by atoms with Crippen molar-refractivity contribution in [3.8, 4) is 11.1 Å². The normalized spacial score (nSPS) is 19.2. The first-order chi connectivity index (χ1) is 26.8. The molecule has 0 spiro atoms. The summed E-state index contributed by atoms with van der Waals surface area (Å²) in [5.74, 6) is 0. The van der Waals surface area contributed by atoms with Crippen LogP contribution in [0.5, 0.6) is 0 Å². The fourth-order valence-corrected chi connectivity index (χ4v) is 6.08. The van der Waals surface area contributed by atoms with E-state index in [9.17, 15) is 6.85 Å². The molecule has 10 rings (SSSR count). The number of aromatic nitrogens is 2. The van der Waals surface area contributed by atoms with Crippen LogP contribution in [0.2, 0.25) is 0 Å². The third-order valence-electron chi connectivity index (χ3n) is 7.63. The van der Waals surface area contributed by atoms with Gasteiger partial charge in [0.05, 0.1) is 57.8 Å². The van der Waals surface area contributed by atoms with Crippen molar-refractivity contribution in [2.75, 3.05) is 0 Å². The zero-order valence-corrected chi connectivity index (χ0v) is 20.0. The first kappa shape index (κ1) is 9.91. The maximum absolute atomic E-state index is 9.74. The standard InChI is InChI=1S/C37H22N2/c1-21-14-16-26-28-18-22(15-17-34(28)39-33-13-7-4-10-27(33)35(21)37(26)39)23-19-29-24-8-2-5-11-31(24)38-32-12-6-3-9-25(32)30(20-23)36(29)38/h2-20H,1H3/i2D,4D,5D,6D,7D,8D,9D,10D,11D,12D,13D,14D,15D,16D,17D,18D,19D,20D. The molecule has 180 valence electrons. The Morgan fingerprint density at radius 1 is 0.462 bits per heavy atom. The van der Waals surface area contributed by atoms with Gasteiger partial charge in [-0.1, -0.05) is 72.5 Å². The van der Waals surface area contributed by atoms with Gasteiger partial charge in [-0.05, 0) is 65.9 Å². The predicted octanol–water partition coefficient (Wildman–Crippen LogP) is 9.96. The fourth-order valence-electron chi connectivity index (χ4n) is 6.08. The number of para-hydroxylation sites is 3. The molecule has 39 heavy (non-hydrogen) atoms. The molecule has 0 amide bonds. The molecule has 0 radical (unpaired) electrons. The van der Waals surface area contributed by atoms with E-state index in [1.54, 1.807) is 0 Å². The molecule has 10 aromatic rings. The second-order valence-corrected chi connectivity index (χ2v) is 9.57. The molecule has 0 atom stereocenters. The first-order valence-corrected chi connectivity index (χ1v) is 12.2. The van der Waals surface area contributed by atoms with Crippen LogP contribution in [0.3, 0.4) is 0 Å². The van der Waals surface area contributed by atoms with Gasteiger partial charge in [-0.15, -0.1) is 0 Å². The van der Waals surface area contributed by atoms with Crippen molar-refractivity contribution in [2.45, 2.75) is 6.92 Å². The Morgan fingerprint density at radius 2 is 1.08 bits per heavy atom. The summed E-state index contributed by atoms with van der Waals surface area (Å²) < 4.78 is 164. The highest BCUT2D eigenvalue weighted by atomic mass is 14.9. The molecule has 0 N–H and O–H groups in total. The molecule has 2 heteroatoms. The van der Waals surface area contributed by atoms with Gasteiger partial charge in [-0.3, -0.25) is 0 Å². The minimum absolute atomic E-state index is 0.00717. The van der Waals surface area contributed by atoms with Gasteiger partial charge in [0.25, 0.3) is 0 Å². The number of aryl methyl sites for hydroxylation is 1. The highest BCUT2D eigenvalue weighted by molar-refractivity contribution is 6.26. The van der Waals surface area contributed by atoms with Crippen molar-refractivity contribution < 1.29 is 24.7 Å². The highest BCUT2D eigenvalue weighted by Gasteiger charge is 2.21. The zero-order chi connectivity index (χ0) is 41.1. The molecule has 4 aromatic heterocycles. The molecule has 0 fully saturated rings. The second-order valence-electron chi connectivity index (χ2n) is 9.57. The van der Waals surface area contributed by atoms with Crippen LogP contribution in [-0.4, -0.2) is 8.80 Å². The van der Waals surface area contributed by atoms with Crippen LogP contribution >= 0.6 is 0 Å². The average Bonchev–Trinajstić information content (AvgIpc) is 3.91. The summed E-state index contributed by atoms with van der Waals surface area (Å²) >= 11 is 0. The molecule has 6 aromatic carbocycles. The minimum atomic E-state index is -0.678. The molecule has 0 aliphatic heterocycles. The van der Waals surface area contributed by atoms with E-state index < -0.39 is 95.7 Å². The van der Waals surface area contributed by atoms with Gasteiger partial charge >= 0.3 is 0 Å². The second kappa shape index (κ2) is 6.67. The summed E-state index contributed by atoms with van der Waals surface area (Å²) in [6.07, 6.45) is 0. The lowest BCUT2D eigenvalue weighted by Crippen LogP contribution is -1.82. The Kier molecular flexibility index (Phi) is 1.69. The van der Waals surface area contributed by atoms with Gasteiger partial charge in [-0.25, -0.2) is 0 Å². The van der Waals surface area contributed by atoms with Crippen molar-refractivity contribution in [1.82, 2.24) is 8.80 Å². The number of rotatable bonds is 1. The SMILES string of the molecule is [2H]c1cc([2H])c2c3c([2H])c(-c4c([2H])c([2H])c5c(c4[2H])c4c([2H])c([2H])c(C)c6c7c([2H])c([2H])c([2H])c([2H])c7n5c46)c([2H])c4c5c([2H])c([2H])c([2H])c([2H])c5n(c2c1[2H])c34. The fraction of sp³-hybridized carbons (Fsp3) is 0.0270. The van der Waals surface area contributed by atoms with E-state index in [1.165, 1.54) is 15.7 Å². The first-order valence-electron chi connectivity index (χ1n) is 21.2. The van der Waals surface area contributed by atoms with Gasteiger partial charge in [0.1, 0.15) is 0 Å². The topological polar surface area (TPSA) is 8.82 Å². The third kappa shape index (κ3) is 2.26. The molecule has 0 unspecified atom stereocenters. The largest absolute Gasteiger partial charge is 0.308 e. The van der Waals surface area contributed by atoms with Crippen molar-refractivity contribution in [3.63, 3.8) is 0 Å². The quantitative estimate of drug-likeness (QED) is 0.207. The Morgan fingerprint density at radius 3 is 1.90 bits per heavy atom. The molecule has 0 aliphatic carbocycles. The number of fused-ring (bicyclic) bond motifs is 12. The van der Waals surface area contributed by atoms with Gasteiger partial charge in [0, 0.05) is 43.1 Å². The molecule has 4 heterocycles. The Hall–Kier alpha value is -5.08.